The second-order valence-corrected chi connectivity index (χ2v) is 5.62. The van der Waals surface area contributed by atoms with Gasteiger partial charge in [-0.1, -0.05) is 22.0 Å². The minimum absolute atomic E-state index is 0.237. The van der Waals surface area contributed by atoms with Crippen molar-refractivity contribution in [1.82, 2.24) is 4.90 Å². The first kappa shape index (κ1) is 17.3. The predicted octanol–water partition coefficient (Wildman–Crippen LogP) is 3.99. The second-order valence-electron chi connectivity index (χ2n) is 5.06. The van der Waals surface area contributed by atoms with E-state index >= 15 is 0 Å². The van der Waals surface area contributed by atoms with E-state index < -0.39 is 11.7 Å². The summed E-state index contributed by atoms with van der Waals surface area (Å²) >= 11 is 3.19. The average molecular weight is 353 g/mol. The van der Waals surface area contributed by atoms with Crippen LogP contribution in [-0.4, -0.2) is 39.1 Å². The maximum absolute atomic E-state index is 13.1. The first-order valence-electron chi connectivity index (χ1n) is 6.37. The molecule has 0 spiro atoms. The third-order valence-electron chi connectivity index (χ3n) is 3.03. The van der Waals surface area contributed by atoms with Gasteiger partial charge in [0, 0.05) is 24.6 Å². The number of rotatable bonds is 6. The van der Waals surface area contributed by atoms with Crippen molar-refractivity contribution in [3.63, 3.8) is 0 Å². The summed E-state index contributed by atoms with van der Waals surface area (Å²) in [6.07, 6.45) is -3.51. The number of halogens is 4. The lowest BCUT2D eigenvalue weighted by molar-refractivity contribution is -0.137. The lowest BCUT2D eigenvalue weighted by Gasteiger charge is -2.24. The molecule has 1 aromatic rings. The van der Waals surface area contributed by atoms with Gasteiger partial charge in [0.05, 0.1) is 5.56 Å². The number of benzene rings is 1. The van der Waals surface area contributed by atoms with Crippen LogP contribution in [0.1, 0.15) is 17.5 Å². The van der Waals surface area contributed by atoms with Gasteiger partial charge in [0.25, 0.3) is 0 Å². The van der Waals surface area contributed by atoms with E-state index in [1.807, 2.05) is 19.0 Å². The van der Waals surface area contributed by atoms with Gasteiger partial charge >= 0.3 is 6.18 Å². The maximum Gasteiger partial charge on any atom is 0.418 e. The Hall–Kier alpha value is -0.750. The molecule has 2 nitrogen and oxygen atoms in total. The minimum Gasteiger partial charge on any atom is -0.374 e. The predicted molar refractivity (Wildman–Crippen MR) is 80.5 cm³/mol. The van der Waals surface area contributed by atoms with Gasteiger partial charge in [0.1, 0.15) is 0 Å². The van der Waals surface area contributed by atoms with Crippen LogP contribution in [0.4, 0.5) is 18.9 Å². The van der Waals surface area contributed by atoms with Crippen molar-refractivity contribution in [1.29, 1.82) is 0 Å². The third-order valence-corrected chi connectivity index (χ3v) is 3.68. The fourth-order valence-corrected chi connectivity index (χ4v) is 2.32. The number of hydrogen-bond donors (Lipinski definition) is 0. The Morgan fingerprint density at radius 2 is 1.75 bits per heavy atom. The molecule has 0 fully saturated rings. The highest BCUT2D eigenvalue weighted by Gasteiger charge is 2.34. The van der Waals surface area contributed by atoms with Gasteiger partial charge in [-0.2, -0.15) is 13.2 Å². The van der Waals surface area contributed by atoms with Crippen LogP contribution in [0.15, 0.2) is 18.2 Å². The van der Waals surface area contributed by atoms with Crippen LogP contribution >= 0.6 is 15.9 Å². The molecular formula is C14H20BrF3N2. The van der Waals surface area contributed by atoms with E-state index in [9.17, 15) is 13.2 Å². The van der Waals surface area contributed by atoms with Crippen molar-refractivity contribution in [2.45, 2.75) is 17.9 Å². The Morgan fingerprint density at radius 1 is 1.10 bits per heavy atom. The van der Waals surface area contributed by atoms with Crippen LogP contribution in [0.5, 0.6) is 0 Å². The van der Waals surface area contributed by atoms with Gasteiger partial charge in [-0.05, 0) is 44.8 Å². The topological polar surface area (TPSA) is 6.48 Å². The number of anilines is 1. The Balaban J connectivity index is 2.92. The molecule has 0 unspecified atom stereocenters. The zero-order valence-corrected chi connectivity index (χ0v) is 13.6. The molecule has 0 aliphatic carbocycles. The highest BCUT2D eigenvalue weighted by Crippen LogP contribution is 2.37. The van der Waals surface area contributed by atoms with Crippen LogP contribution in [0.2, 0.25) is 0 Å². The van der Waals surface area contributed by atoms with Gasteiger partial charge in [0.2, 0.25) is 0 Å². The number of alkyl halides is 4. The summed E-state index contributed by atoms with van der Waals surface area (Å²) in [6, 6.07) is 4.49. The molecule has 6 heteroatoms. The summed E-state index contributed by atoms with van der Waals surface area (Å²) in [4.78, 5) is 3.69. The summed E-state index contributed by atoms with van der Waals surface area (Å²) in [6.45, 7) is 1.44. The summed E-state index contributed by atoms with van der Waals surface area (Å²) in [7, 11) is 5.60. The molecule has 0 aliphatic heterocycles. The fourth-order valence-electron chi connectivity index (χ4n) is 1.97. The van der Waals surface area contributed by atoms with Gasteiger partial charge in [-0.25, -0.2) is 0 Å². The van der Waals surface area contributed by atoms with E-state index in [0.717, 1.165) is 13.0 Å². The highest BCUT2D eigenvalue weighted by atomic mass is 79.9. The lowest BCUT2D eigenvalue weighted by Crippen LogP contribution is -2.25. The summed E-state index contributed by atoms with van der Waals surface area (Å²) in [5, 5.41) is 0.417. The van der Waals surface area contributed by atoms with Gasteiger partial charge in [0.15, 0.2) is 0 Å². The average Bonchev–Trinajstić information content (AvgIpc) is 2.36. The van der Waals surface area contributed by atoms with Crippen molar-refractivity contribution in [3.05, 3.63) is 29.3 Å². The van der Waals surface area contributed by atoms with Crippen LogP contribution in [0, 0.1) is 0 Å². The van der Waals surface area contributed by atoms with Gasteiger partial charge < -0.3 is 9.80 Å². The lowest BCUT2D eigenvalue weighted by atomic mass is 10.1. The zero-order valence-electron chi connectivity index (χ0n) is 12.0. The highest BCUT2D eigenvalue weighted by molar-refractivity contribution is 9.08. The van der Waals surface area contributed by atoms with Crippen molar-refractivity contribution in [2.24, 2.45) is 0 Å². The molecule has 1 aromatic carbocycles. The molecule has 20 heavy (non-hydrogen) atoms. The van der Waals surface area contributed by atoms with Crippen molar-refractivity contribution in [2.75, 3.05) is 39.1 Å². The summed E-state index contributed by atoms with van der Waals surface area (Å²) < 4.78 is 39.4. The van der Waals surface area contributed by atoms with Crippen molar-refractivity contribution in [3.8, 4) is 0 Å². The largest absolute Gasteiger partial charge is 0.418 e. The molecule has 114 valence electrons. The van der Waals surface area contributed by atoms with Gasteiger partial charge in [-0.3, -0.25) is 0 Å². The fraction of sp³-hybridized carbons (Fsp3) is 0.571. The quantitative estimate of drug-likeness (QED) is 0.714. The van der Waals surface area contributed by atoms with Crippen LogP contribution in [0.25, 0.3) is 0 Å². The van der Waals surface area contributed by atoms with Crippen LogP contribution < -0.4 is 4.90 Å². The van der Waals surface area contributed by atoms with Crippen molar-refractivity contribution < 1.29 is 13.2 Å². The van der Waals surface area contributed by atoms with E-state index in [1.54, 1.807) is 24.1 Å². The van der Waals surface area contributed by atoms with Gasteiger partial charge in [-0.15, -0.1) is 0 Å². The molecule has 0 saturated carbocycles. The van der Waals surface area contributed by atoms with E-state index in [2.05, 4.69) is 15.9 Å². The Morgan fingerprint density at radius 3 is 2.25 bits per heavy atom. The monoisotopic (exact) mass is 352 g/mol. The first-order chi connectivity index (χ1) is 9.25. The third kappa shape index (κ3) is 4.98. The van der Waals surface area contributed by atoms with Crippen molar-refractivity contribution >= 4 is 21.6 Å². The molecule has 0 bridgehead atoms. The molecule has 0 aliphatic rings. The van der Waals surface area contributed by atoms with E-state index in [4.69, 9.17) is 0 Å². The first-order valence-corrected chi connectivity index (χ1v) is 7.49. The van der Waals surface area contributed by atoms with Crippen LogP contribution in [-0.2, 0) is 11.5 Å². The van der Waals surface area contributed by atoms with E-state index in [-0.39, 0.29) is 5.69 Å². The molecule has 0 N–H and O–H groups in total. The smallest absolute Gasteiger partial charge is 0.374 e. The SMILES string of the molecule is CN(C)CCCN(C)c1ccc(CBr)cc1C(F)(F)F. The molecule has 0 radical (unpaired) electrons. The van der Waals surface area contributed by atoms with E-state index in [1.165, 1.54) is 6.07 Å². The Kier molecular flexibility index (Phi) is 6.33. The summed E-state index contributed by atoms with van der Waals surface area (Å²) in [5.74, 6) is 0. The second kappa shape index (κ2) is 7.31. The molecule has 0 atom stereocenters. The summed E-state index contributed by atoms with van der Waals surface area (Å²) in [5.41, 5.74) is 0.297. The molecule has 0 aromatic heterocycles. The number of nitrogens with zero attached hydrogens (tertiary/aromatic N) is 2. The van der Waals surface area contributed by atoms with Crippen LogP contribution in [0.3, 0.4) is 0 Å². The van der Waals surface area contributed by atoms with E-state index in [0.29, 0.717) is 17.4 Å². The maximum atomic E-state index is 13.1. The molecule has 0 heterocycles. The molecule has 0 saturated heterocycles. The number of hydrogen-bond acceptors (Lipinski definition) is 2. The standard InChI is InChI=1S/C14H20BrF3N2/c1-19(2)7-4-8-20(3)13-6-5-11(10-15)9-12(13)14(16,17)18/h5-6,9H,4,7-8,10H2,1-3H3. The minimum atomic E-state index is -4.33. The molecular weight excluding hydrogens is 333 g/mol. The zero-order chi connectivity index (χ0) is 15.3. The normalized spacial score (nSPS) is 12.0. The molecule has 0 amide bonds. The Labute approximate surface area is 126 Å². The molecule has 1 rings (SSSR count). The Bertz CT molecular complexity index is 433.